The zero-order valence-corrected chi connectivity index (χ0v) is 13.4. The monoisotopic (exact) mass is 284 g/mol. The average molecular weight is 284 g/mol. The van der Waals surface area contributed by atoms with Gasteiger partial charge in [-0.05, 0) is 0 Å². The number of phosphoric acid groups is 1. The zero-order valence-electron chi connectivity index (χ0n) is 11.6. The van der Waals surface area contributed by atoms with Crippen LogP contribution in [-0.2, 0) is 17.9 Å². The van der Waals surface area contributed by atoms with Gasteiger partial charge in [0.25, 0.3) is 0 Å². The summed E-state index contributed by atoms with van der Waals surface area (Å²) in [5, 5.41) is 0. The van der Waals surface area contributed by atoms with Gasteiger partial charge in [-0.1, -0.05) is 0 Å². The first kappa shape index (κ1) is 15.6. The Labute approximate surface area is 105 Å². The first-order valence-electron chi connectivity index (χ1n) is 6.15. The van der Waals surface area contributed by atoms with Crippen molar-refractivity contribution in [3.63, 3.8) is 0 Å². The van der Waals surface area contributed by atoms with Crippen molar-refractivity contribution in [2.45, 2.75) is 37.8 Å². The summed E-state index contributed by atoms with van der Waals surface area (Å²) in [6.07, 6.45) is 6.11. The molecule has 104 valence electrons. The summed E-state index contributed by atoms with van der Waals surface area (Å²) in [5.74, 6) is 0. The average Bonchev–Trinajstić information content (AvgIpc) is 2.29. The van der Waals surface area contributed by atoms with Crippen molar-refractivity contribution in [2.75, 3.05) is 34.2 Å². The van der Waals surface area contributed by atoms with Crippen molar-refractivity contribution in [3.8, 4) is 0 Å². The van der Waals surface area contributed by atoms with Crippen LogP contribution in [0.25, 0.3) is 0 Å². The van der Waals surface area contributed by atoms with E-state index in [1.165, 1.54) is 33.5 Å². The number of hydrogen-bond acceptors (Lipinski definition) is 4. The molecule has 1 aliphatic rings. The molecule has 1 fully saturated rings. The van der Waals surface area contributed by atoms with Crippen LogP contribution >= 0.6 is 14.7 Å². The first-order chi connectivity index (χ1) is 7.71. The van der Waals surface area contributed by atoms with Gasteiger partial charge in [0.1, 0.15) is 0 Å². The molecule has 0 heterocycles. The summed E-state index contributed by atoms with van der Waals surface area (Å²) >= 11 is 0. The number of rotatable bonds is 5. The van der Waals surface area contributed by atoms with Crippen molar-refractivity contribution in [3.05, 3.63) is 0 Å². The molecule has 0 bridgehead atoms. The quantitative estimate of drug-likeness (QED) is 0.713. The molecule has 0 atom stereocenters. The second-order valence-electron chi connectivity index (χ2n) is 5.96. The Balaban J connectivity index is 2.86. The molecule has 1 aliphatic carbocycles. The molecule has 0 aromatic carbocycles. The fraction of sp³-hybridized carbons (Fsp3) is 1.00. The minimum atomic E-state index is -3.38. The van der Waals surface area contributed by atoms with Crippen LogP contribution in [0.1, 0.15) is 32.1 Å². The molecule has 6 heteroatoms. The molecule has 4 nitrogen and oxygen atoms in total. The van der Waals surface area contributed by atoms with Gasteiger partial charge in [-0.2, -0.15) is 0 Å². The van der Waals surface area contributed by atoms with Crippen LogP contribution in [0, 0.1) is 0 Å². The van der Waals surface area contributed by atoms with Crippen LogP contribution in [-0.4, -0.2) is 39.9 Å². The van der Waals surface area contributed by atoms with Crippen molar-refractivity contribution < 1.29 is 17.9 Å². The summed E-state index contributed by atoms with van der Waals surface area (Å²) < 4.78 is 27.9. The second kappa shape index (κ2) is 5.27. The molecular weight excluding hydrogens is 258 g/mol. The van der Waals surface area contributed by atoms with Crippen LogP contribution < -0.4 is 0 Å². The molecule has 0 amide bonds. The molecule has 0 spiro atoms. The summed E-state index contributed by atoms with van der Waals surface area (Å²) in [4.78, 5) is 0. The van der Waals surface area contributed by atoms with Gasteiger partial charge < -0.3 is 0 Å². The number of hydrogen-bond donors (Lipinski definition) is 0. The van der Waals surface area contributed by atoms with E-state index in [4.69, 9.17) is 13.4 Å². The van der Waals surface area contributed by atoms with Gasteiger partial charge in [-0.25, -0.2) is 0 Å². The maximum atomic E-state index is 12.2. The van der Waals surface area contributed by atoms with Crippen molar-refractivity contribution in [2.24, 2.45) is 0 Å². The topological polar surface area (TPSA) is 44.8 Å². The van der Waals surface area contributed by atoms with Gasteiger partial charge in [0, 0.05) is 0 Å². The normalized spacial score (nSPS) is 22.1. The van der Waals surface area contributed by atoms with Crippen molar-refractivity contribution >= 4 is 14.7 Å². The molecule has 0 N–H and O–H groups in total. The molecule has 0 unspecified atom stereocenters. The first-order valence-corrected chi connectivity index (χ1v) is 11.2. The summed E-state index contributed by atoms with van der Waals surface area (Å²) in [5.41, 5.74) is 0.508. The Morgan fingerprint density at radius 2 is 1.47 bits per heavy atom. The maximum absolute atomic E-state index is 12.2. The van der Waals surface area contributed by atoms with Gasteiger partial charge in [0.15, 0.2) is 0 Å². The van der Waals surface area contributed by atoms with Gasteiger partial charge in [-0.15, -0.1) is 0 Å². The van der Waals surface area contributed by atoms with Crippen molar-refractivity contribution in [1.82, 2.24) is 0 Å². The fourth-order valence-corrected chi connectivity index (χ4v) is 8.73. The van der Waals surface area contributed by atoms with E-state index in [1.807, 2.05) is 0 Å². The molecule has 0 radical (unpaired) electrons. The van der Waals surface area contributed by atoms with Gasteiger partial charge in [-0.3, -0.25) is 0 Å². The predicted octanol–water partition coefficient (Wildman–Crippen LogP) is 4.09. The molecular formula is C11H26O4P2. The Morgan fingerprint density at radius 1 is 1.00 bits per heavy atom. The third-order valence-corrected chi connectivity index (χ3v) is 10.7. The standard InChI is InChI=1S/C11H26O4P2/c1-13-16(12,14-2)15-17(3,4,5)11-9-7-6-8-10-11/h11H,6-10H2,1-5H3. The fourth-order valence-electron chi connectivity index (χ4n) is 2.53. The molecule has 0 saturated heterocycles. The van der Waals surface area contributed by atoms with Crippen LogP contribution in [0.2, 0.25) is 0 Å². The molecule has 0 aliphatic heterocycles. The third-order valence-electron chi connectivity index (χ3n) is 3.66. The van der Waals surface area contributed by atoms with E-state index in [-0.39, 0.29) is 0 Å². The van der Waals surface area contributed by atoms with Gasteiger partial charge in [0.05, 0.1) is 0 Å². The van der Waals surface area contributed by atoms with Crippen molar-refractivity contribution in [1.29, 1.82) is 0 Å². The van der Waals surface area contributed by atoms with Crippen LogP contribution in [0.3, 0.4) is 0 Å². The van der Waals surface area contributed by atoms with Crippen LogP contribution in [0.4, 0.5) is 0 Å². The summed E-state index contributed by atoms with van der Waals surface area (Å²) in [6.45, 7) is 3.88. The van der Waals surface area contributed by atoms with E-state index < -0.39 is 14.7 Å². The van der Waals surface area contributed by atoms with E-state index in [1.54, 1.807) is 0 Å². The Hall–Kier alpha value is 0.540. The van der Waals surface area contributed by atoms with Crippen LogP contribution in [0.15, 0.2) is 0 Å². The SMILES string of the molecule is COP(=O)(OC)OP(C)(C)(C)C1CCCCC1. The van der Waals surface area contributed by atoms with E-state index in [9.17, 15) is 4.57 Å². The Bertz CT molecular complexity index is 294. The summed E-state index contributed by atoms with van der Waals surface area (Å²) in [6, 6.07) is 0. The molecule has 0 aromatic heterocycles. The van der Waals surface area contributed by atoms with Crippen LogP contribution in [0.5, 0.6) is 0 Å². The zero-order chi connectivity index (χ0) is 13.2. The second-order valence-corrected chi connectivity index (χ2v) is 14.5. The minimum absolute atomic E-state index is 0.508. The Kier molecular flexibility index (Phi) is 4.83. The van der Waals surface area contributed by atoms with E-state index in [2.05, 4.69) is 20.0 Å². The molecule has 1 saturated carbocycles. The van der Waals surface area contributed by atoms with Gasteiger partial charge >= 0.3 is 105 Å². The third kappa shape index (κ3) is 4.01. The summed E-state index contributed by atoms with van der Waals surface area (Å²) in [7, 11) is -0.631. The van der Waals surface area contributed by atoms with Gasteiger partial charge in [0.2, 0.25) is 0 Å². The number of phosphoric ester groups is 1. The molecule has 1 rings (SSSR count). The predicted molar refractivity (Wildman–Crippen MR) is 74.3 cm³/mol. The Morgan fingerprint density at radius 3 is 1.88 bits per heavy atom. The van der Waals surface area contributed by atoms with E-state index in [0.717, 1.165) is 12.8 Å². The van der Waals surface area contributed by atoms with E-state index >= 15 is 0 Å². The molecule has 0 aromatic rings. The van der Waals surface area contributed by atoms with E-state index in [0.29, 0.717) is 5.66 Å². The molecule has 17 heavy (non-hydrogen) atoms.